The van der Waals surface area contributed by atoms with Gasteiger partial charge in [-0.2, -0.15) is 0 Å². The maximum absolute atomic E-state index is 12.5. The number of carboxylic acids is 1. The zero-order valence-electron chi connectivity index (χ0n) is 16.9. The molecule has 0 bridgehead atoms. The molecule has 3 N–H and O–H groups in total. The van der Waals surface area contributed by atoms with Gasteiger partial charge in [-0.15, -0.1) is 0 Å². The number of ether oxygens (including phenoxy) is 1. The molecule has 0 aromatic heterocycles. The van der Waals surface area contributed by atoms with Crippen molar-refractivity contribution in [1.29, 1.82) is 0 Å². The van der Waals surface area contributed by atoms with Crippen molar-refractivity contribution < 1.29 is 23.1 Å². The number of nitrogens with one attached hydrogen (secondary N) is 2. The van der Waals surface area contributed by atoms with Crippen molar-refractivity contribution in [3.63, 3.8) is 0 Å². The topological polar surface area (TPSA) is 105 Å². The van der Waals surface area contributed by atoms with Gasteiger partial charge in [0.25, 0.3) is 0 Å². The smallest absolute Gasteiger partial charge is 0.337 e. The van der Waals surface area contributed by atoms with Gasteiger partial charge in [-0.25, -0.2) is 17.9 Å². The van der Waals surface area contributed by atoms with Crippen molar-refractivity contribution in [1.82, 2.24) is 4.72 Å². The highest BCUT2D eigenvalue weighted by molar-refractivity contribution is 7.89. The van der Waals surface area contributed by atoms with Gasteiger partial charge >= 0.3 is 5.97 Å². The van der Waals surface area contributed by atoms with Crippen LogP contribution in [-0.4, -0.2) is 38.7 Å². The van der Waals surface area contributed by atoms with Crippen molar-refractivity contribution in [3.05, 3.63) is 59.7 Å². The summed E-state index contributed by atoms with van der Waals surface area (Å²) in [6, 6.07) is 13.5. The van der Waals surface area contributed by atoms with Crippen LogP contribution in [0, 0.1) is 0 Å². The Balaban J connectivity index is 2.13. The number of hydrogen-bond donors (Lipinski definition) is 3. The molecule has 8 heteroatoms. The van der Waals surface area contributed by atoms with Crippen LogP contribution in [0.5, 0.6) is 0 Å². The van der Waals surface area contributed by atoms with Gasteiger partial charge < -0.3 is 15.2 Å². The molecule has 2 aromatic carbocycles. The monoisotopic (exact) mass is 420 g/mol. The van der Waals surface area contributed by atoms with E-state index < -0.39 is 16.0 Å². The van der Waals surface area contributed by atoms with E-state index in [-0.39, 0.29) is 29.1 Å². The Hall–Kier alpha value is -2.42. The van der Waals surface area contributed by atoms with E-state index in [1.807, 2.05) is 51.1 Å². The summed E-state index contributed by atoms with van der Waals surface area (Å²) in [7, 11) is -3.81. The molecule has 1 atom stereocenters. The van der Waals surface area contributed by atoms with E-state index in [4.69, 9.17) is 4.74 Å². The summed E-state index contributed by atoms with van der Waals surface area (Å²) in [6.07, 6.45) is 0.611. The Labute approximate surface area is 172 Å². The molecule has 2 aromatic rings. The number of benzene rings is 2. The second-order valence-electron chi connectivity index (χ2n) is 6.96. The third-order valence-corrected chi connectivity index (χ3v) is 5.73. The normalized spacial score (nSPS) is 12.7. The largest absolute Gasteiger partial charge is 0.478 e. The molecule has 0 radical (unpaired) electrons. The highest BCUT2D eigenvalue weighted by Crippen LogP contribution is 2.25. The Bertz CT molecular complexity index is 914. The van der Waals surface area contributed by atoms with Crippen molar-refractivity contribution in [3.8, 4) is 0 Å². The van der Waals surface area contributed by atoms with Gasteiger partial charge in [0.15, 0.2) is 0 Å². The number of sulfonamides is 1. The quantitative estimate of drug-likeness (QED) is 0.479. The van der Waals surface area contributed by atoms with Gasteiger partial charge in [0.2, 0.25) is 10.0 Å². The lowest BCUT2D eigenvalue weighted by Crippen LogP contribution is -2.26. The van der Waals surface area contributed by atoms with Gasteiger partial charge in [-0.3, -0.25) is 0 Å². The molecule has 29 heavy (non-hydrogen) atoms. The van der Waals surface area contributed by atoms with Crippen molar-refractivity contribution in [2.75, 3.05) is 18.5 Å². The van der Waals surface area contributed by atoms with E-state index in [0.29, 0.717) is 18.7 Å². The van der Waals surface area contributed by atoms with Gasteiger partial charge in [0.1, 0.15) is 0 Å². The van der Waals surface area contributed by atoms with E-state index in [9.17, 15) is 18.3 Å². The van der Waals surface area contributed by atoms with E-state index in [1.165, 1.54) is 18.2 Å². The SMILES string of the molecule is CC(C)OCCCNS(=O)(=O)c1ccc(N[C@@H](C)c2ccccc2)c(C(=O)O)c1. The Morgan fingerprint density at radius 2 is 1.79 bits per heavy atom. The molecule has 0 aliphatic carbocycles. The van der Waals surface area contributed by atoms with Crippen LogP contribution in [-0.2, 0) is 14.8 Å². The predicted octanol–water partition coefficient (Wildman–Crippen LogP) is 3.65. The molecule has 0 fully saturated rings. The number of aromatic carboxylic acids is 1. The van der Waals surface area contributed by atoms with E-state index >= 15 is 0 Å². The third kappa shape index (κ3) is 6.85. The highest BCUT2D eigenvalue weighted by atomic mass is 32.2. The van der Waals surface area contributed by atoms with Crippen LogP contribution in [0.25, 0.3) is 0 Å². The Morgan fingerprint density at radius 1 is 1.10 bits per heavy atom. The van der Waals surface area contributed by atoms with E-state index in [0.717, 1.165) is 5.56 Å². The van der Waals surface area contributed by atoms with Crippen molar-refractivity contribution in [2.45, 2.75) is 44.2 Å². The highest BCUT2D eigenvalue weighted by Gasteiger charge is 2.19. The minimum Gasteiger partial charge on any atom is -0.478 e. The molecule has 7 nitrogen and oxygen atoms in total. The zero-order chi connectivity index (χ0) is 21.4. The second kappa shape index (κ2) is 10.4. The minimum absolute atomic E-state index is 0.0856. The molecule has 0 unspecified atom stereocenters. The van der Waals surface area contributed by atoms with Crippen LogP contribution in [0.2, 0.25) is 0 Å². The average Bonchev–Trinajstić information content (AvgIpc) is 2.68. The number of rotatable bonds is 11. The summed E-state index contributed by atoms with van der Waals surface area (Å²) in [4.78, 5) is 11.6. The fourth-order valence-corrected chi connectivity index (χ4v) is 3.83. The first-order chi connectivity index (χ1) is 13.7. The number of anilines is 1. The molecule has 0 aliphatic rings. The molecule has 0 aliphatic heterocycles. The van der Waals surface area contributed by atoms with Gasteiger partial charge in [-0.1, -0.05) is 30.3 Å². The summed E-state index contributed by atoms with van der Waals surface area (Å²) in [5.41, 5.74) is 1.25. The standard InChI is InChI=1S/C21H28N2O5S/c1-15(2)28-13-7-12-22-29(26,27)18-10-11-20(19(14-18)21(24)25)23-16(3)17-8-5-4-6-9-17/h4-6,8-11,14-16,22-23H,7,12-13H2,1-3H3,(H,24,25)/t16-/m0/s1. The summed E-state index contributed by atoms with van der Waals surface area (Å²) in [6.45, 7) is 6.38. The lowest BCUT2D eigenvalue weighted by Gasteiger charge is -2.18. The summed E-state index contributed by atoms with van der Waals surface area (Å²) < 4.78 is 32.8. The molecule has 0 saturated carbocycles. The maximum atomic E-state index is 12.5. The first-order valence-corrected chi connectivity index (χ1v) is 11.0. The fraction of sp³-hybridized carbons (Fsp3) is 0.381. The molecule has 0 heterocycles. The van der Waals surface area contributed by atoms with Crippen LogP contribution >= 0.6 is 0 Å². The Morgan fingerprint density at radius 3 is 2.41 bits per heavy atom. The second-order valence-corrected chi connectivity index (χ2v) is 8.73. The first kappa shape index (κ1) is 22.9. The molecular weight excluding hydrogens is 392 g/mol. The maximum Gasteiger partial charge on any atom is 0.337 e. The minimum atomic E-state index is -3.81. The Kier molecular flexibility index (Phi) is 8.19. The van der Waals surface area contributed by atoms with Crippen LogP contribution in [0.3, 0.4) is 0 Å². The van der Waals surface area contributed by atoms with Crippen LogP contribution < -0.4 is 10.0 Å². The lowest BCUT2D eigenvalue weighted by atomic mass is 10.1. The molecule has 158 valence electrons. The van der Waals surface area contributed by atoms with E-state index in [2.05, 4.69) is 10.0 Å². The summed E-state index contributed by atoms with van der Waals surface area (Å²) in [5.74, 6) is -1.20. The molecule has 0 saturated heterocycles. The number of carboxylic acid groups (broad SMARTS) is 1. The summed E-state index contributed by atoms with van der Waals surface area (Å²) in [5, 5.41) is 12.7. The predicted molar refractivity (Wildman–Crippen MR) is 113 cm³/mol. The molecule has 2 rings (SSSR count). The van der Waals surface area contributed by atoms with Gasteiger partial charge in [-0.05, 0) is 51.0 Å². The first-order valence-electron chi connectivity index (χ1n) is 9.51. The van der Waals surface area contributed by atoms with Crippen LogP contribution in [0.1, 0.15) is 49.2 Å². The summed E-state index contributed by atoms with van der Waals surface area (Å²) >= 11 is 0. The van der Waals surface area contributed by atoms with Gasteiger partial charge in [0, 0.05) is 24.9 Å². The molecule has 0 spiro atoms. The number of hydrogen-bond acceptors (Lipinski definition) is 5. The fourth-order valence-electron chi connectivity index (χ4n) is 2.73. The van der Waals surface area contributed by atoms with Crippen LogP contribution in [0.4, 0.5) is 5.69 Å². The van der Waals surface area contributed by atoms with Crippen molar-refractivity contribution >= 4 is 21.7 Å². The van der Waals surface area contributed by atoms with Crippen molar-refractivity contribution in [2.24, 2.45) is 0 Å². The average molecular weight is 421 g/mol. The molecular formula is C21H28N2O5S. The lowest BCUT2D eigenvalue weighted by molar-refractivity contribution is 0.0697. The number of carbonyl (C=O) groups is 1. The third-order valence-electron chi connectivity index (χ3n) is 4.27. The van der Waals surface area contributed by atoms with E-state index in [1.54, 1.807) is 0 Å². The zero-order valence-corrected chi connectivity index (χ0v) is 17.7. The van der Waals surface area contributed by atoms with Gasteiger partial charge in [0.05, 0.1) is 16.6 Å². The molecule has 0 amide bonds. The van der Waals surface area contributed by atoms with Crippen LogP contribution in [0.15, 0.2) is 53.4 Å².